The first-order chi connectivity index (χ1) is 12.7. The van der Waals surface area contributed by atoms with Gasteiger partial charge in [0.15, 0.2) is 0 Å². The van der Waals surface area contributed by atoms with Gasteiger partial charge in [-0.2, -0.15) is 0 Å². The number of nitrogens with one attached hydrogen (secondary N) is 1. The summed E-state index contributed by atoms with van der Waals surface area (Å²) in [5.41, 5.74) is 2.52. The number of carbonyl (C=O) groups excluding carboxylic acids is 1. The number of hydrogen-bond acceptors (Lipinski definition) is 5. The van der Waals surface area contributed by atoms with Crippen molar-refractivity contribution in [3.8, 4) is 5.75 Å². The number of hydrogen-bond donors (Lipinski definition) is 1. The third-order valence-corrected chi connectivity index (χ3v) is 4.89. The summed E-state index contributed by atoms with van der Waals surface area (Å²) < 4.78 is 10.4. The first kappa shape index (κ1) is 18.1. The van der Waals surface area contributed by atoms with E-state index in [9.17, 15) is 4.79 Å². The molecule has 1 N–H and O–H groups in total. The van der Waals surface area contributed by atoms with Crippen LogP contribution in [0, 0.1) is 6.92 Å². The fraction of sp³-hybridized carbons (Fsp3) is 0.200. The number of carbonyl (C=O) groups is 1. The van der Waals surface area contributed by atoms with Crippen molar-refractivity contribution in [3.63, 3.8) is 0 Å². The molecule has 0 unspecified atom stereocenters. The molecule has 0 saturated carbocycles. The summed E-state index contributed by atoms with van der Waals surface area (Å²) in [5, 5.41) is 6.85. The first-order valence-corrected chi connectivity index (χ1v) is 9.19. The zero-order valence-electron chi connectivity index (χ0n) is 14.7. The number of aromatic nitrogens is 1. The second-order valence-corrected chi connectivity index (χ2v) is 6.77. The molecule has 5 nitrogen and oxygen atoms in total. The van der Waals surface area contributed by atoms with E-state index < -0.39 is 0 Å². The van der Waals surface area contributed by atoms with Crippen molar-refractivity contribution in [1.29, 1.82) is 0 Å². The highest BCUT2D eigenvalue weighted by molar-refractivity contribution is 7.98. The summed E-state index contributed by atoms with van der Waals surface area (Å²) in [5.74, 6) is 2.12. The third-order valence-electron chi connectivity index (χ3n) is 3.79. The standard InChI is InChI=1S/C20H20N2O3S/c1-14-11-17(25-22-14)13-26-19-6-4-3-5-18(19)20(23)21-12-15-7-9-16(24-2)10-8-15/h3-11H,12-13H2,1-2H3,(H,21,23). The molecular formula is C20H20N2O3S. The topological polar surface area (TPSA) is 64.4 Å². The molecule has 1 aromatic heterocycles. The van der Waals surface area contributed by atoms with Gasteiger partial charge in [-0.1, -0.05) is 29.4 Å². The van der Waals surface area contributed by atoms with Crippen LogP contribution in [0.5, 0.6) is 5.75 Å². The Labute approximate surface area is 156 Å². The lowest BCUT2D eigenvalue weighted by Crippen LogP contribution is -2.23. The van der Waals surface area contributed by atoms with Gasteiger partial charge in [0.1, 0.15) is 11.5 Å². The summed E-state index contributed by atoms with van der Waals surface area (Å²) in [6.45, 7) is 2.35. The van der Waals surface area contributed by atoms with E-state index in [1.165, 1.54) is 0 Å². The molecule has 3 rings (SSSR count). The summed E-state index contributed by atoms with van der Waals surface area (Å²) in [6.07, 6.45) is 0. The average Bonchev–Trinajstić information content (AvgIpc) is 3.10. The molecular weight excluding hydrogens is 348 g/mol. The lowest BCUT2D eigenvalue weighted by Gasteiger charge is -2.10. The number of amides is 1. The molecule has 134 valence electrons. The number of nitrogens with zero attached hydrogens (tertiary/aromatic N) is 1. The molecule has 1 heterocycles. The molecule has 1 amide bonds. The second-order valence-electron chi connectivity index (χ2n) is 5.75. The quantitative estimate of drug-likeness (QED) is 0.633. The Morgan fingerprint density at radius 1 is 1.19 bits per heavy atom. The maximum atomic E-state index is 12.6. The van der Waals surface area contributed by atoms with Crippen LogP contribution >= 0.6 is 11.8 Å². The maximum absolute atomic E-state index is 12.6. The number of rotatable bonds is 7. The highest BCUT2D eigenvalue weighted by Gasteiger charge is 2.12. The molecule has 0 aliphatic rings. The van der Waals surface area contributed by atoms with Gasteiger partial charge in [0.25, 0.3) is 5.91 Å². The zero-order chi connectivity index (χ0) is 18.4. The van der Waals surface area contributed by atoms with Crippen LogP contribution in [0.25, 0.3) is 0 Å². The monoisotopic (exact) mass is 368 g/mol. The molecule has 0 radical (unpaired) electrons. The van der Waals surface area contributed by atoms with Crippen LogP contribution in [-0.4, -0.2) is 18.2 Å². The van der Waals surface area contributed by atoms with Crippen LogP contribution in [0.3, 0.4) is 0 Å². The highest BCUT2D eigenvalue weighted by atomic mass is 32.2. The number of benzene rings is 2. The van der Waals surface area contributed by atoms with Crippen molar-refractivity contribution in [3.05, 3.63) is 77.2 Å². The van der Waals surface area contributed by atoms with E-state index in [1.54, 1.807) is 18.9 Å². The minimum atomic E-state index is -0.0994. The number of methoxy groups -OCH3 is 1. The van der Waals surface area contributed by atoms with Gasteiger partial charge in [0.2, 0.25) is 0 Å². The Bertz CT molecular complexity index is 875. The Balaban J connectivity index is 1.63. The number of ether oxygens (including phenoxy) is 1. The van der Waals surface area contributed by atoms with Crippen LogP contribution in [-0.2, 0) is 12.3 Å². The van der Waals surface area contributed by atoms with Crippen molar-refractivity contribution in [2.75, 3.05) is 7.11 Å². The van der Waals surface area contributed by atoms with E-state index in [4.69, 9.17) is 9.26 Å². The van der Waals surface area contributed by atoms with Crippen molar-refractivity contribution < 1.29 is 14.1 Å². The summed E-state index contributed by atoms with van der Waals surface area (Å²) in [6, 6.07) is 17.1. The van der Waals surface area contributed by atoms with Crippen LogP contribution in [0.1, 0.15) is 27.4 Å². The molecule has 0 spiro atoms. The number of aryl methyl sites for hydroxylation is 1. The lowest BCUT2D eigenvalue weighted by molar-refractivity contribution is 0.0948. The average molecular weight is 368 g/mol. The summed E-state index contributed by atoms with van der Waals surface area (Å²) in [7, 11) is 1.63. The van der Waals surface area contributed by atoms with Crippen molar-refractivity contribution in [2.24, 2.45) is 0 Å². The predicted octanol–water partition coefficient (Wildman–Crippen LogP) is 4.21. The van der Waals surface area contributed by atoms with E-state index >= 15 is 0 Å². The molecule has 0 saturated heterocycles. The first-order valence-electron chi connectivity index (χ1n) is 8.21. The summed E-state index contributed by atoms with van der Waals surface area (Å²) >= 11 is 1.56. The third kappa shape index (κ3) is 4.67. The van der Waals surface area contributed by atoms with Gasteiger partial charge in [-0.05, 0) is 36.8 Å². The van der Waals surface area contributed by atoms with Crippen LogP contribution in [0.4, 0.5) is 0 Å². The predicted molar refractivity (Wildman–Crippen MR) is 101 cm³/mol. The van der Waals surface area contributed by atoms with Crippen molar-refractivity contribution in [2.45, 2.75) is 24.1 Å². The minimum Gasteiger partial charge on any atom is -0.497 e. The summed E-state index contributed by atoms with van der Waals surface area (Å²) in [4.78, 5) is 13.5. The Morgan fingerprint density at radius 2 is 1.96 bits per heavy atom. The van der Waals surface area contributed by atoms with Crippen LogP contribution in [0.15, 0.2) is 64.0 Å². The molecule has 0 atom stereocenters. The fourth-order valence-electron chi connectivity index (χ4n) is 2.43. The number of thioether (sulfide) groups is 1. The molecule has 0 bridgehead atoms. The van der Waals surface area contributed by atoms with Gasteiger partial charge >= 0.3 is 0 Å². The van der Waals surface area contributed by atoms with Crippen LogP contribution < -0.4 is 10.1 Å². The fourth-order valence-corrected chi connectivity index (χ4v) is 3.36. The van der Waals surface area contributed by atoms with Gasteiger partial charge in [-0.25, -0.2) is 0 Å². The highest BCUT2D eigenvalue weighted by Crippen LogP contribution is 2.26. The Hall–Kier alpha value is -2.73. The zero-order valence-corrected chi connectivity index (χ0v) is 15.5. The molecule has 0 fully saturated rings. The Morgan fingerprint density at radius 3 is 2.65 bits per heavy atom. The van der Waals surface area contributed by atoms with E-state index in [2.05, 4.69) is 10.5 Å². The Kier molecular flexibility index (Phi) is 5.96. The molecule has 2 aromatic carbocycles. The van der Waals surface area contributed by atoms with Gasteiger partial charge < -0.3 is 14.6 Å². The van der Waals surface area contributed by atoms with Gasteiger partial charge in [0, 0.05) is 17.5 Å². The van der Waals surface area contributed by atoms with Crippen molar-refractivity contribution in [1.82, 2.24) is 10.5 Å². The largest absolute Gasteiger partial charge is 0.497 e. The molecule has 0 aliphatic carbocycles. The van der Waals surface area contributed by atoms with Gasteiger partial charge in [-0.15, -0.1) is 11.8 Å². The van der Waals surface area contributed by atoms with E-state index in [1.807, 2.05) is 61.5 Å². The SMILES string of the molecule is COc1ccc(CNC(=O)c2ccccc2SCc2cc(C)no2)cc1. The maximum Gasteiger partial charge on any atom is 0.252 e. The van der Waals surface area contributed by atoms with Gasteiger partial charge in [0.05, 0.1) is 24.1 Å². The normalized spacial score (nSPS) is 10.5. The van der Waals surface area contributed by atoms with E-state index in [-0.39, 0.29) is 5.91 Å². The smallest absolute Gasteiger partial charge is 0.252 e. The molecule has 0 aliphatic heterocycles. The van der Waals surface area contributed by atoms with E-state index in [0.717, 1.165) is 27.7 Å². The molecule has 26 heavy (non-hydrogen) atoms. The molecule has 3 aromatic rings. The van der Waals surface area contributed by atoms with Crippen LogP contribution in [0.2, 0.25) is 0 Å². The molecule has 6 heteroatoms. The van der Waals surface area contributed by atoms with E-state index in [0.29, 0.717) is 17.9 Å². The van der Waals surface area contributed by atoms with Crippen molar-refractivity contribution >= 4 is 17.7 Å². The lowest BCUT2D eigenvalue weighted by atomic mass is 10.2. The minimum absolute atomic E-state index is 0.0994. The van der Waals surface area contributed by atoms with Gasteiger partial charge in [-0.3, -0.25) is 4.79 Å². The second kappa shape index (κ2) is 8.58.